The van der Waals surface area contributed by atoms with Gasteiger partial charge in [-0.2, -0.15) is 0 Å². The molecule has 1 spiro atoms. The van der Waals surface area contributed by atoms with Crippen molar-refractivity contribution >= 4 is 0 Å². The maximum Gasteiger partial charge on any atom is -0.00133 e. The summed E-state index contributed by atoms with van der Waals surface area (Å²) >= 11 is 0. The molecule has 1 heteroatoms. The molecular weight excluding hydrogens is 182 g/mol. The molecule has 0 N–H and O–H groups in total. The normalized spacial score (nSPS) is 29.9. The highest BCUT2D eigenvalue weighted by atomic mass is 15.1. The fourth-order valence-electron chi connectivity index (χ4n) is 3.59. The Hall–Kier alpha value is -0.560. The van der Waals surface area contributed by atoms with Crippen LogP contribution in [0.2, 0.25) is 0 Å². The fourth-order valence-corrected chi connectivity index (χ4v) is 3.59. The Morgan fingerprint density at radius 2 is 1.80 bits per heavy atom. The molecule has 0 aromatic rings. The highest BCUT2D eigenvalue weighted by Gasteiger charge is 2.42. The summed E-state index contributed by atoms with van der Waals surface area (Å²) in [6.07, 6.45) is 13.2. The molecule has 1 aliphatic heterocycles. The van der Waals surface area contributed by atoms with Gasteiger partial charge in [-0.3, -0.25) is 0 Å². The molecular formula is C14H21N. The van der Waals surface area contributed by atoms with E-state index in [-0.39, 0.29) is 0 Å². The highest BCUT2D eigenvalue weighted by molar-refractivity contribution is 5.43. The van der Waals surface area contributed by atoms with Gasteiger partial charge >= 0.3 is 0 Å². The highest BCUT2D eigenvalue weighted by Crippen LogP contribution is 2.53. The lowest BCUT2D eigenvalue weighted by atomic mass is 9.72. The van der Waals surface area contributed by atoms with Crippen molar-refractivity contribution < 1.29 is 0 Å². The van der Waals surface area contributed by atoms with Crippen LogP contribution >= 0.6 is 0 Å². The van der Waals surface area contributed by atoms with Crippen molar-refractivity contribution in [3.8, 4) is 0 Å². The van der Waals surface area contributed by atoms with Gasteiger partial charge in [0, 0.05) is 0 Å². The smallest absolute Gasteiger partial charge is 0.00133 e. The number of fused-ring (bicyclic) bond motifs is 2. The summed E-state index contributed by atoms with van der Waals surface area (Å²) in [5.41, 5.74) is 4.05. The molecule has 2 aliphatic carbocycles. The summed E-state index contributed by atoms with van der Waals surface area (Å²) in [7, 11) is 2.26. The Balaban J connectivity index is 1.88. The van der Waals surface area contributed by atoms with Gasteiger partial charge in [-0.25, -0.2) is 0 Å². The van der Waals surface area contributed by atoms with E-state index in [9.17, 15) is 0 Å². The van der Waals surface area contributed by atoms with Crippen molar-refractivity contribution in [3.63, 3.8) is 0 Å². The van der Waals surface area contributed by atoms with Crippen LogP contribution in [0.25, 0.3) is 0 Å². The Morgan fingerprint density at radius 1 is 1.07 bits per heavy atom. The van der Waals surface area contributed by atoms with Crippen molar-refractivity contribution in [2.75, 3.05) is 20.1 Å². The number of rotatable bonds is 0. The van der Waals surface area contributed by atoms with E-state index in [1.165, 1.54) is 51.6 Å². The van der Waals surface area contributed by atoms with Crippen LogP contribution in [-0.4, -0.2) is 25.0 Å². The topological polar surface area (TPSA) is 3.24 Å². The molecule has 1 saturated carbocycles. The molecule has 0 aromatic carbocycles. The van der Waals surface area contributed by atoms with E-state index in [1.807, 2.05) is 0 Å². The van der Waals surface area contributed by atoms with E-state index in [0.717, 1.165) is 0 Å². The summed E-state index contributed by atoms with van der Waals surface area (Å²) in [6, 6.07) is 0. The van der Waals surface area contributed by atoms with E-state index in [2.05, 4.69) is 24.1 Å². The van der Waals surface area contributed by atoms with Gasteiger partial charge in [0.2, 0.25) is 0 Å². The first-order chi connectivity index (χ1) is 7.30. The standard InChI is InChI=1S/C14H21N/c1-15-10-8-14(9-11-15)7-6-12-4-2-3-5-13(12)14/h4-5H,2-3,6-11H2,1H3. The predicted octanol–water partition coefficient (Wildman–Crippen LogP) is 3.14. The van der Waals surface area contributed by atoms with Crippen molar-refractivity contribution in [2.24, 2.45) is 5.41 Å². The van der Waals surface area contributed by atoms with E-state index in [1.54, 1.807) is 11.1 Å². The minimum atomic E-state index is 0.596. The number of allylic oxidation sites excluding steroid dienone is 4. The monoisotopic (exact) mass is 203 g/mol. The molecule has 0 atom stereocenters. The van der Waals surface area contributed by atoms with Crippen molar-refractivity contribution in [1.29, 1.82) is 0 Å². The number of hydrogen-bond acceptors (Lipinski definition) is 1. The second kappa shape index (κ2) is 3.48. The lowest BCUT2D eigenvalue weighted by Gasteiger charge is -2.39. The number of piperidine rings is 1. The van der Waals surface area contributed by atoms with Crippen molar-refractivity contribution in [1.82, 2.24) is 4.90 Å². The number of hydrogen-bond donors (Lipinski definition) is 0. The van der Waals surface area contributed by atoms with Crippen molar-refractivity contribution in [2.45, 2.75) is 38.5 Å². The molecule has 0 amide bonds. The molecule has 0 bridgehead atoms. The predicted molar refractivity (Wildman–Crippen MR) is 63.8 cm³/mol. The van der Waals surface area contributed by atoms with E-state index in [0.29, 0.717) is 5.41 Å². The van der Waals surface area contributed by atoms with Gasteiger partial charge in [0.05, 0.1) is 0 Å². The second-order valence-electron chi connectivity index (χ2n) is 5.51. The van der Waals surface area contributed by atoms with Crippen LogP contribution in [0.15, 0.2) is 23.3 Å². The maximum absolute atomic E-state index is 2.55. The number of nitrogens with zero attached hydrogens (tertiary/aromatic N) is 1. The van der Waals surface area contributed by atoms with Gasteiger partial charge in [-0.15, -0.1) is 0 Å². The van der Waals surface area contributed by atoms with Crippen LogP contribution in [0.1, 0.15) is 38.5 Å². The van der Waals surface area contributed by atoms with Gasteiger partial charge in [0.15, 0.2) is 0 Å². The van der Waals surface area contributed by atoms with Gasteiger partial charge in [-0.05, 0) is 75.2 Å². The lowest BCUT2D eigenvalue weighted by Crippen LogP contribution is -2.37. The molecule has 15 heavy (non-hydrogen) atoms. The first-order valence-electron chi connectivity index (χ1n) is 6.39. The Morgan fingerprint density at radius 3 is 2.60 bits per heavy atom. The van der Waals surface area contributed by atoms with Gasteiger partial charge in [0.1, 0.15) is 0 Å². The number of likely N-dealkylation sites (tertiary alicyclic amines) is 1. The largest absolute Gasteiger partial charge is 0.306 e. The minimum absolute atomic E-state index is 0.596. The van der Waals surface area contributed by atoms with Crippen LogP contribution in [-0.2, 0) is 0 Å². The van der Waals surface area contributed by atoms with E-state index < -0.39 is 0 Å². The Labute approximate surface area is 92.8 Å². The third-order valence-corrected chi connectivity index (χ3v) is 4.64. The average Bonchev–Trinajstić information content (AvgIpc) is 2.63. The first-order valence-corrected chi connectivity index (χ1v) is 6.39. The third kappa shape index (κ3) is 1.48. The second-order valence-corrected chi connectivity index (χ2v) is 5.51. The minimum Gasteiger partial charge on any atom is -0.306 e. The van der Waals surface area contributed by atoms with Crippen LogP contribution in [0.5, 0.6) is 0 Å². The zero-order valence-electron chi connectivity index (χ0n) is 9.76. The molecule has 0 unspecified atom stereocenters. The summed E-state index contributed by atoms with van der Waals surface area (Å²) in [6.45, 7) is 2.59. The molecule has 2 fully saturated rings. The molecule has 0 radical (unpaired) electrons. The van der Waals surface area contributed by atoms with Crippen LogP contribution in [0.4, 0.5) is 0 Å². The zero-order chi connectivity index (χ0) is 10.3. The fraction of sp³-hybridized carbons (Fsp3) is 0.714. The zero-order valence-corrected chi connectivity index (χ0v) is 9.76. The summed E-state index contributed by atoms with van der Waals surface area (Å²) in [5, 5.41) is 0. The summed E-state index contributed by atoms with van der Waals surface area (Å²) in [5.74, 6) is 0. The first kappa shape index (κ1) is 9.65. The van der Waals surface area contributed by atoms with Crippen molar-refractivity contribution in [3.05, 3.63) is 23.3 Å². The Bertz CT molecular complexity index is 316. The molecule has 82 valence electrons. The van der Waals surface area contributed by atoms with Crippen LogP contribution in [0, 0.1) is 5.41 Å². The van der Waals surface area contributed by atoms with E-state index >= 15 is 0 Å². The van der Waals surface area contributed by atoms with Gasteiger partial charge in [-0.1, -0.05) is 12.2 Å². The molecule has 1 heterocycles. The molecule has 0 aromatic heterocycles. The molecule has 1 nitrogen and oxygen atoms in total. The molecule has 3 rings (SSSR count). The van der Waals surface area contributed by atoms with Crippen LogP contribution in [0.3, 0.4) is 0 Å². The molecule has 3 aliphatic rings. The van der Waals surface area contributed by atoms with Gasteiger partial charge in [0.25, 0.3) is 0 Å². The molecule has 1 saturated heterocycles. The average molecular weight is 203 g/mol. The Kier molecular flexibility index (Phi) is 2.24. The van der Waals surface area contributed by atoms with E-state index in [4.69, 9.17) is 0 Å². The summed E-state index contributed by atoms with van der Waals surface area (Å²) in [4.78, 5) is 2.48. The SMILES string of the molecule is CN1CCC2(CCC3=CCCC=C32)CC1. The lowest BCUT2D eigenvalue weighted by molar-refractivity contribution is 0.159. The van der Waals surface area contributed by atoms with Gasteiger partial charge < -0.3 is 4.90 Å². The maximum atomic E-state index is 2.55. The summed E-state index contributed by atoms with van der Waals surface area (Å²) < 4.78 is 0. The quantitative estimate of drug-likeness (QED) is 0.584. The third-order valence-electron chi connectivity index (χ3n) is 4.64. The van der Waals surface area contributed by atoms with Crippen LogP contribution < -0.4 is 0 Å².